The van der Waals surface area contributed by atoms with E-state index in [4.69, 9.17) is 18.9 Å². The Balaban J connectivity index is 1.36. The lowest BCUT2D eigenvalue weighted by molar-refractivity contribution is -0.137. The molecule has 1 amide bonds. The first-order valence-electron chi connectivity index (χ1n) is 12.4. The van der Waals surface area contributed by atoms with Crippen LogP contribution in [0.1, 0.15) is 32.6 Å². The van der Waals surface area contributed by atoms with Gasteiger partial charge in [-0.2, -0.15) is 18.3 Å². The van der Waals surface area contributed by atoms with Crippen LogP contribution in [0.4, 0.5) is 13.2 Å². The minimum absolute atomic E-state index is 0.161. The molecule has 212 valence electrons. The van der Waals surface area contributed by atoms with E-state index in [1.165, 1.54) is 19.4 Å². The highest BCUT2D eigenvalue weighted by Gasteiger charge is 2.30. The van der Waals surface area contributed by atoms with Crippen LogP contribution in [0.15, 0.2) is 96.1 Å². The second kappa shape index (κ2) is 13.4. The van der Waals surface area contributed by atoms with Crippen LogP contribution >= 0.6 is 0 Å². The van der Waals surface area contributed by atoms with Crippen LogP contribution in [0.2, 0.25) is 0 Å². The van der Waals surface area contributed by atoms with Crippen molar-refractivity contribution in [3.05, 3.63) is 119 Å². The minimum atomic E-state index is -4.55. The van der Waals surface area contributed by atoms with E-state index < -0.39 is 17.6 Å². The van der Waals surface area contributed by atoms with E-state index >= 15 is 0 Å². The first kappa shape index (κ1) is 29.0. The number of hydrogen-bond acceptors (Lipinski definition) is 6. The fourth-order valence-corrected chi connectivity index (χ4v) is 3.77. The first-order valence-corrected chi connectivity index (χ1v) is 12.4. The number of carbonyl (C=O) groups excluding carboxylic acids is 1. The molecule has 1 N–H and O–H groups in total. The molecular formula is C31H27F3N2O5. The summed E-state index contributed by atoms with van der Waals surface area (Å²) in [6.45, 7) is 0.640. The predicted molar refractivity (Wildman–Crippen MR) is 148 cm³/mol. The van der Waals surface area contributed by atoms with Gasteiger partial charge in [0, 0.05) is 5.56 Å². The van der Waals surface area contributed by atoms with E-state index in [1.807, 2.05) is 48.5 Å². The van der Waals surface area contributed by atoms with Crippen LogP contribution in [-0.2, 0) is 19.4 Å². The molecule has 0 aliphatic carbocycles. The van der Waals surface area contributed by atoms with Crippen LogP contribution in [0.3, 0.4) is 0 Å². The van der Waals surface area contributed by atoms with Crippen molar-refractivity contribution in [1.82, 2.24) is 5.43 Å². The van der Waals surface area contributed by atoms with Crippen molar-refractivity contribution in [2.24, 2.45) is 5.10 Å². The molecule has 0 spiro atoms. The van der Waals surface area contributed by atoms with Gasteiger partial charge in [0.25, 0.3) is 5.91 Å². The van der Waals surface area contributed by atoms with Crippen molar-refractivity contribution in [3.8, 4) is 23.0 Å². The highest BCUT2D eigenvalue weighted by atomic mass is 19.4. The number of methoxy groups -OCH3 is 2. The van der Waals surface area contributed by atoms with Crippen molar-refractivity contribution < 1.29 is 36.9 Å². The van der Waals surface area contributed by atoms with Crippen LogP contribution in [0.25, 0.3) is 0 Å². The molecule has 0 unspecified atom stereocenters. The van der Waals surface area contributed by atoms with Gasteiger partial charge in [-0.25, -0.2) is 5.43 Å². The van der Waals surface area contributed by atoms with E-state index in [0.717, 1.165) is 29.3 Å². The van der Waals surface area contributed by atoms with Crippen LogP contribution < -0.4 is 24.4 Å². The van der Waals surface area contributed by atoms with Gasteiger partial charge in [0.2, 0.25) is 0 Å². The average molecular weight is 565 g/mol. The maximum atomic E-state index is 12.9. The number of ether oxygens (including phenoxy) is 4. The van der Waals surface area contributed by atoms with Gasteiger partial charge in [0.05, 0.1) is 26.0 Å². The number of nitrogens with zero attached hydrogens (tertiary/aromatic N) is 1. The summed E-state index contributed by atoms with van der Waals surface area (Å²) in [7, 11) is 3.06. The summed E-state index contributed by atoms with van der Waals surface area (Å²) in [5, 5.41) is 3.84. The standard InChI is InChI=1S/C31H27F3N2O5/c1-38-28-15-22(18-35-36-30(37)24-9-6-10-25(17-24)31(32,33)34)11-13-26(28)41-20-23-12-14-27(29(16-23)39-2)40-19-21-7-4-3-5-8-21/h3-18H,19-20H2,1-2H3,(H,36,37)/b35-18+. The largest absolute Gasteiger partial charge is 0.493 e. The Morgan fingerprint density at radius 1 is 0.756 bits per heavy atom. The molecule has 10 heteroatoms. The lowest BCUT2D eigenvalue weighted by Gasteiger charge is -2.14. The number of benzene rings is 4. The molecule has 4 rings (SSSR count). The Hall–Kier alpha value is -4.99. The fraction of sp³-hybridized carbons (Fsp3) is 0.161. The zero-order valence-electron chi connectivity index (χ0n) is 22.3. The summed E-state index contributed by atoms with van der Waals surface area (Å²) in [6, 6.07) is 24.5. The first-order chi connectivity index (χ1) is 19.8. The van der Waals surface area contributed by atoms with Gasteiger partial charge in [0.1, 0.15) is 13.2 Å². The van der Waals surface area contributed by atoms with E-state index in [0.29, 0.717) is 35.2 Å². The summed E-state index contributed by atoms with van der Waals surface area (Å²) >= 11 is 0. The van der Waals surface area contributed by atoms with E-state index in [9.17, 15) is 18.0 Å². The molecule has 0 heterocycles. The second-order valence-corrected chi connectivity index (χ2v) is 8.74. The Morgan fingerprint density at radius 2 is 1.41 bits per heavy atom. The zero-order chi connectivity index (χ0) is 29.2. The summed E-state index contributed by atoms with van der Waals surface area (Å²) in [6.07, 6.45) is -3.21. The summed E-state index contributed by atoms with van der Waals surface area (Å²) in [5.41, 5.74) is 3.61. The van der Waals surface area contributed by atoms with Crippen LogP contribution in [0.5, 0.6) is 23.0 Å². The smallest absolute Gasteiger partial charge is 0.416 e. The normalized spacial score (nSPS) is 11.2. The summed E-state index contributed by atoms with van der Waals surface area (Å²) < 4.78 is 61.5. The number of hydrogen-bond donors (Lipinski definition) is 1. The molecule has 0 aliphatic heterocycles. The molecule has 0 atom stereocenters. The average Bonchev–Trinajstić information content (AvgIpc) is 2.99. The Kier molecular flexibility index (Phi) is 9.47. The minimum Gasteiger partial charge on any atom is -0.493 e. The van der Waals surface area contributed by atoms with Gasteiger partial charge >= 0.3 is 6.18 Å². The molecule has 4 aromatic carbocycles. The van der Waals surface area contributed by atoms with Crippen molar-refractivity contribution in [1.29, 1.82) is 0 Å². The van der Waals surface area contributed by atoms with Gasteiger partial charge in [-0.05, 0) is 65.2 Å². The third-order valence-corrected chi connectivity index (χ3v) is 5.88. The monoisotopic (exact) mass is 564 g/mol. The van der Waals surface area contributed by atoms with Gasteiger partial charge < -0.3 is 18.9 Å². The van der Waals surface area contributed by atoms with Gasteiger partial charge in [-0.1, -0.05) is 42.5 Å². The van der Waals surface area contributed by atoms with Crippen molar-refractivity contribution in [3.63, 3.8) is 0 Å². The molecule has 0 bridgehead atoms. The van der Waals surface area contributed by atoms with Gasteiger partial charge in [-0.3, -0.25) is 4.79 Å². The Morgan fingerprint density at radius 3 is 2.10 bits per heavy atom. The number of carbonyl (C=O) groups is 1. The lowest BCUT2D eigenvalue weighted by atomic mass is 10.1. The highest BCUT2D eigenvalue weighted by Crippen LogP contribution is 2.32. The molecule has 0 aromatic heterocycles. The molecular weight excluding hydrogens is 537 g/mol. The third-order valence-electron chi connectivity index (χ3n) is 5.88. The SMILES string of the molecule is COc1cc(/C=N/NC(=O)c2cccc(C(F)(F)F)c2)ccc1OCc1ccc(OCc2ccccc2)c(OC)c1. The number of amides is 1. The van der Waals surface area contributed by atoms with Gasteiger partial charge in [0.15, 0.2) is 23.0 Å². The molecule has 4 aromatic rings. The highest BCUT2D eigenvalue weighted by molar-refractivity contribution is 5.95. The number of hydrazone groups is 1. The molecule has 0 radical (unpaired) electrons. The molecule has 7 nitrogen and oxygen atoms in total. The van der Waals surface area contributed by atoms with E-state index in [-0.39, 0.29) is 12.2 Å². The fourth-order valence-electron chi connectivity index (χ4n) is 3.77. The molecule has 0 aliphatic rings. The number of alkyl halides is 3. The van der Waals surface area contributed by atoms with E-state index in [1.54, 1.807) is 25.3 Å². The Labute approximate surface area is 235 Å². The predicted octanol–water partition coefficient (Wildman–Crippen LogP) is 6.64. The number of halogens is 3. The Bertz CT molecular complexity index is 1510. The van der Waals surface area contributed by atoms with Crippen LogP contribution in [0, 0.1) is 0 Å². The van der Waals surface area contributed by atoms with E-state index in [2.05, 4.69) is 10.5 Å². The molecule has 41 heavy (non-hydrogen) atoms. The zero-order valence-corrected chi connectivity index (χ0v) is 22.3. The second-order valence-electron chi connectivity index (χ2n) is 8.74. The summed E-state index contributed by atoms with van der Waals surface area (Å²) in [5.74, 6) is 1.31. The topological polar surface area (TPSA) is 78.4 Å². The number of rotatable bonds is 11. The molecule has 0 fully saturated rings. The van der Waals surface area contributed by atoms with Crippen LogP contribution in [-0.4, -0.2) is 26.3 Å². The molecule has 0 saturated heterocycles. The number of nitrogens with one attached hydrogen (secondary N) is 1. The van der Waals surface area contributed by atoms with Crippen molar-refractivity contribution >= 4 is 12.1 Å². The van der Waals surface area contributed by atoms with Crippen molar-refractivity contribution in [2.45, 2.75) is 19.4 Å². The third kappa shape index (κ3) is 8.01. The lowest BCUT2D eigenvalue weighted by Crippen LogP contribution is -2.18. The van der Waals surface area contributed by atoms with Crippen molar-refractivity contribution in [2.75, 3.05) is 14.2 Å². The maximum Gasteiger partial charge on any atom is 0.416 e. The van der Waals surface area contributed by atoms with Gasteiger partial charge in [-0.15, -0.1) is 0 Å². The quantitative estimate of drug-likeness (QED) is 0.163. The maximum absolute atomic E-state index is 12.9. The molecule has 0 saturated carbocycles. The summed E-state index contributed by atoms with van der Waals surface area (Å²) in [4.78, 5) is 12.2.